The molecule has 2 N–H and O–H groups in total. The standard InChI is InChI=1S/C10H17F2NO3/c1-15-9(14)10(13)4-2-3-7(5-10)16-6-8(11)12/h7-8H,2-6,13H2,1H3. The molecule has 2 unspecified atom stereocenters. The molecular formula is C10H17F2NO3. The molecule has 0 aromatic rings. The minimum Gasteiger partial charge on any atom is -0.468 e. The zero-order valence-corrected chi connectivity index (χ0v) is 9.25. The largest absolute Gasteiger partial charge is 0.468 e. The first-order chi connectivity index (χ1) is 7.48. The van der Waals surface area contributed by atoms with Crippen LogP contribution in [0.25, 0.3) is 0 Å². The van der Waals surface area contributed by atoms with Crippen molar-refractivity contribution in [2.45, 2.75) is 43.8 Å². The Hall–Kier alpha value is -0.750. The number of halogens is 2. The molecule has 0 aromatic heterocycles. The van der Waals surface area contributed by atoms with Gasteiger partial charge in [0.15, 0.2) is 0 Å². The van der Waals surface area contributed by atoms with Crippen molar-refractivity contribution >= 4 is 5.97 Å². The Bertz CT molecular complexity index is 250. The number of methoxy groups -OCH3 is 1. The molecule has 1 aliphatic carbocycles. The van der Waals surface area contributed by atoms with E-state index in [9.17, 15) is 13.6 Å². The SMILES string of the molecule is COC(=O)C1(N)CCCC(OCC(F)F)C1. The van der Waals surface area contributed by atoms with Gasteiger partial charge in [-0.25, -0.2) is 8.78 Å². The molecule has 1 saturated carbocycles. The van der Waals surface area contributed by atoms with E-state index in [1.807, 2.05) is 0 Å². The molecule has 1 aliphatic rings. The highest BCUT2D eigenvalue weighted by Crippen LogP contribution is 2.29. The molecule has 0 amide bonds. The van der Waals surface area contributed by atoms with Crippen LogP contribution < -0.4 is 5.73 Å². The highest BCUT2D eigenvalue weighted by molar-refractivity contribution is 5.80. The van der Waals surface area contributed by atoms with Gasteiger partial charge in [-0.05, 0) is 19.3 Å². The van der Waals surface area contributed by atoms with E-state index in [1.165, 1.54) is 7.11 Å². The van der Waals surface area contributed by atoms with E-state index in [-0.39, 0.29) is 12.5 Å². The van der Waals surface area contributed by atoms with E-state index in [1.54, 1.807) is 0 Å². The molecule has 0 bridgehead atoms. The van der Waals surface area contributed by atoms with Gasteiger partial charge in [0.1, 0.15) is 12.1 Å². The molecule has 4 nitrogen and oxygen atoms in total. The van der Waals surface area contributed by atoms with E-state index < -0.39 is 24.5 Å². The van der Waals surface area contributed by atoms with Gasteiger partial charge >= 0.3 is 5.97 Å². The van der Waals surface area contributed by atoms with Gasteiger partial charge in [-0.3, -0.25) is 4.79 Å². The van der Waals surface area contributed by atoms with Crippen LogP contribution >= 0.6 is 0 Å². The molecule has 6 heteroatoms. The van der Waals surface area contributed by atoms with Crippen LogP contribution in [-0.4, -0.2) is 37.8 Å². The lowest BCUT2D eigenvalue weighted by Crippen LogP contribution is -2.53. The predicted molar refractivity (Wildman–Crippen MR) is 53.1 cm³/mol. The fraction of sp³-hybridized carbons (Fsp3) is 0.900. The molecule has 16 heavy (non-hydrogen) atoms. The molecule has 1 fully saturated rings. The van der Waals surface area contributed by atoms with Crippen LogP contribution in [0.4, 0.5) is 8.78 Å². The fourth-order valence-corrected chi connectivity index (χ4v) is 2.00. The van der Waals surface area contributed by atoms with Crippen molar-refractivity contribution in [2.24, 2.45) is 5.73 Å². The summed E-state index contributed by atoms with van der Waals surface area (Å²) in [5.41, 5.74) is 4.78. The van der Waals surface area contributed by atoms with Crippen molar-refractivity contribution in [1.29, 1.82) is 0 Å². The smallest absolute Gasteiger partial charge is 0.325 e. The number of carbonyl (C=O) groups excluding carboxylic acids is 1. The maximum atomic E-state index is 12.0. The Morgan fingerprint density at radius 1 is 1.62 bits per heavy atom. The third kappa shape index (κ3) is 3.38. The molecule has 1 rings (SSSR count). The molecule has 0 radical (unpaired) electrons. The summed E-state index contributed by atoms with van der Waals surface area (Å²) in [6.07, 6.45) is -0.790. The van der Waals surface area contributed by atoms with Crippen LogP contribution in [0.3, 0.4) is 0 Å². The number of hydrogen-bond acceptors (Lipinski definition) is 4. The first kappa shape index (κ1) is 13.3. The molecule has 0 aliphatic heterocycles. The summed E-state index contributed by atoms with van der Waals surface area (Å²) < 4.78 is 33.5. The summed E-state index contributed by atoms with van der Waals surface area (Å²) in [5, 5.41) is 0. The second kappa shape index (κ2) is 5.54. The van der Waals surface area contributed by atoms with Crippen LogP contribution in [0, 0.1) is 0 Å². The average molecular weight is 237 g/mol. The van der Waals surface area contributed by atoms with Crippen molar-refractivity contribution in [3.05, 3.63) is 0 Å². The van der Waals surface area contributed by atoms with Gasteiger partial charge in [0.25, 0.3) is 6.43 Å². The van der Waals surface area contributed by atoms with Gasteiger partial charge in [-0.15, -0.1) is 0 Å². The summed E-state index contributed by atoms with van der Waals surface area (Å²) >= 11 is 0. The summed E-state index contributed by atoms with van der Waals surface area (Å²) in [4.78, 5) is 11.4. The van der Waals surface area contributed by atoms with Crippen LogP contribution in [0.15, 0.2) is 0 Å². The Morgan fingerprint density at radius 3 is 2.88 bits per heavy atom. The minimum absolute atomic E-state index is 0.242. The van der Waals surface area contributed by atoms with E-state index in [0.717, 1.165) is 0 Å². The number of rotatable bonds is 4. The molecular weight excluding hydrogens is 220 g/mol. The zero-order chi connectivity index (χ0) is 12.2. The van der Waals surface area contributed by atoms with Gasteiger partial charge in [0.05, 0.1) is 13.2 Å². The second-order valence-corrected chi connectivity index (χ2v) is 4.09. The van der Waals surface area contributed by atoms with E-state index >= 15 is 0 Å². The van der Waals surface area contributed by atoms with Crippen LogP contribution in [0.2, 0.25) is 0 Å². The topological polar surface area (TPSA) is 61.5 Å². The average Bonchev–Trinajstić information content (AvgIpc) is 2.25. The quantitative estimate of drug-likeness (QED) is 0.743. The number of esters is 1. The zero-order valence-electron chi connectivity index (χ0n) is 9.25. The normalized spacial score (nSPS) is 30.4. The number of carbonyl (C=O) groups is 1. The monoisotopic (exact) mass is 237 g/mol. The fourth-order valence-electron chi connectivity index (χ4n) is 2.00. The lowest BCUT2D eigenvalue weighted by atomic mass is 9.81. The van der Waals surface area contributed by atoms with Crippen LogP contribution in [0.5, 0.6) is 0 Å². The van der Waals surface area contributed by atoms with E-state index in [0.29, 0.717) is 19.3 Å². The molecule has 2 atom stereocenters. The number of hydrogen-bond donors (Lipinski definition) is 1. The number of alkyl halides is 2. The van der Waals surface area contributed by atoms with E-state index in [2.05, 4.69) is 4.74 Å². The van der Waals surface area contributed by atoms with Crippen molar-refractivity contribution in [3.63, 3.8) is 0 Å². The molecule has 0 spiro atoms. The van der Waals surface area contributed by atoms with Crippen molar-refractivity contribution in [3.8, 4) is 0 Å². The Kier molecular flexibility index (Phi) is 4.61. The highest BCUT2D eigenvalue weighted by atomic mass is 19.3. The lowest BCUT2D eigenvalue weighted by Gasteiger charge is -2.35. The van der Waals surface area contributed by atoms with Crippen LogP contribution in [-0.2, 0) is 14.3 Å². The summed E-state index contributed by atoms with van der Waals surface area (Å²) in [6, 6.07) is 0. The van der Waals surface area contributed by atoms with Crippen molar-refractivity contribution in [1.82, 2.24) is 0 Å². The summed E-state index contributed by atoms with van der Waals surface area (Å²) in [5.74, 6) is -0.502. The van der Waals surface area contributed by atoms with Gasteiger partial charge in [0, 0.05) is 6.42 Å². The van der Waals surface area contributed by atoms with Gasteiger partial charge in [-0.2, -0.15) is 0 Å². The third-order valence-corrected chi connectivity index (χ3v) is 2.79. The maximum absolute atomic E-state index is 12.0. The second-order valence-electron chi connectivity index (χ2n) is 4.09. The molecule has 0 aromatic carbocycles. The van der Waals surface area contributed by atoms with E-state index in [4.69, 9.17) is 10.5 Å². The summed E-state index contributed by atoms with van der Waals surface area (Å²) in [6.45, 7) is -0.609. The lowest BCUT2D eigenvalue weighted by molar-refractivity contribution is -0.151. The van der Waals surface area contributed by atoms with Crippen molar-refractivity contribution in [2.75, 3.05) is 13.7 Å². The predicted octanol–water partition coefficient (Wildman–Crippen LogP) is 1.08. The highest BCUT2D eigenvalue weighted by Gasteiger charge is 2.40. The van der Waals surface area contributed by atoms with Crippen LogP contribution in [0.1, 0.15) is 25.7 Å². The Labute approximate surface area is 93.1 Å². The van der Waals surface area contributed by atoms with Crippen molar-refractivity contribution < 1.29 is 23.0 Å². The first-order valence-electron chi connectivity index (χ1n) is 5.25. The molecule has 0 saturated heterocycles. The Balaban J connectivity index is 2.49. The first-order valence-corrected chi connectivity index (χ1v) is 5.25. The minimum atomic E-state index is -2.49. The molecule has 0 heterocycles. The maximum Gasteiger partial charge on any atom is 0.325 e. The number of nitrogens with two attached hydrogens (primary N) is 1. The van der Waals surface area contributed by atoms with Gasteiger partial charge in [-0.1, -0.05) is 0 Å². The summed E-state index contributed by atoms with van der Waals surface area (Å²) in [7, 11) is 1.26. The number of ether oxygens (including phenoxy) is 2. The van der Waals surface area contributed by atoms with Gasteiger partial charge in [0.2, 0.25) is 0 Å². The third-order valence-electron chi connectivity index (χ3n) is 2.79. The Morgan fingerprint density at radius 2 is 2.31 bits per heavy atom. The molecule has 94 valence electrons. The van der Waals surface area contributed by atoms with Gasteiger partial charge < -0.3 is 15.2 Å².